The van der Waals surface area contributed by atoms with Gasteiger partial charge in [-0.3, -0.25) is 0 Å². The first kappa shape index (κ1) is 13.4. The number of hydrogen-bond donors (Lipinski definition) is 2. The number of nitrogens with zero attached hydrogens (tertiary/aromatic N) is 1. The molecule has 2 aromatic rings. The second kappa shape index (κ2) is 6.24. The van der Waals surface area contributed by atoms with Crippen molar-refractivity contribution in [3.05, 3.63) is 64.2 Å². The maximum absolute atomic E-state index is 8.97. The van der Waals surface area contributed by atoms with Gasteiger partial charge in [0.05, 0.1) is 28.9 Å². The summed E-state index contributed by atoms with van der Waals surface area (Å²) in [7, 11) is 0. The van der Waals surface area contributed by atoms with Crippen LogP contribution in [0.15, 0.2) is 42.5 Å². The van der Waals surface area contributed by atoms with Crippen LogP contribution in [0, 0.1) is 11.3 Å². The van der Waals surface area contributed by atoms with Gasteiger partial charge in [0, 0.05) is 6.54 Å². The Hall–Kier alpha value is -2.02. The molecule has 4 heteroatoms. The number of hydrogen-bond acceptors (Lipinski definition) is 3. The molecular formula is C15H13ClN2O. The lowest BCUT2D eigenvalue weighted by Gasteiger charge is -2.09. The highest BCUT2D eigenvalue weighted by atomic mass is 35.5. The normalized spacial score (nSPS) is 9.95. The number of rotatable bonds is 4. The van der Waals surface area contributed by atoms with Crippen molar-refractivity contribution in [1.82, 2.24) is 0 Å². The van der Waals surface area contributed by atoms with Gasteiger partial charge in [-0.15, -0.1) is 0 Å². The highest BCUT2D eigenvalue weighted by molar-refractivity contribution is 6.33. The zero-order valence-electron chi connectivity index (χ0n) is 10.2. The average molecular weight is 273 g/mol. The van der Waals surface area contributed by atoms with Crippen LogP contribution in [0.4, 0.5) is 5.69 Å². The highest BCUT2D eigenvalue weighted by Gasteiger charge is 2.02. The van der Waals surface area contributed by atoms with E-state index in [-0.39, 0.29) is 6.61 Å². The summed E-state index contributed by atoms with van der Waals surface area (Å²) in [5.74, 6) is 0. The fourth-order valence-electron chi connectivity index (χ4n) is 1.69. The Bertz CT molecular complexity index is 603. The third-order valence-corrected chi connectivity index (χ3v) is 3.11. The van der Waals surface area contributed by atoms with E-state index < -0.39 is 0 Å². The Balaban J connectivity index is 2.07. The SMILES string of the molecule is N#Cc1ccc(Cl)c(NCc2ccc(CO)cc2)c1. The molecule has 0 aliphatic carbocycles. The molecule has 19 heavy (non-hydrogen) atoms. The largest absolute Gasteiger partial charge is 0.392 e. The van der Waals surface area contributed by atoms with Gasteiger partial charge in [0.25, 0.3) is 0 Å². The van der Waals surface area contributed by atoms with Crippen molar-refractivity contribution in [3.8, 4) is 6.07 Å². The molecule has 0 aromatic heterocycles. The second-order valence-corrected chi connectivity index (χ2v) is 4.54. The number of halogens is 1. The van der Waals surface area contributed by atoms with Gasteiger partial charge in [-0.1, -0.05) is 35.9 Å². The second-order valence-electron chi connectivity index (χ2n) is 4.13. The molecule has 0 bridgehead atoms. The van der Waals surface area contributed by atoms with E-state index >= 15 is 0 Å². The van der Waals surface area contributed by atoms with Crippen molar-refractivity contribution in [3.63, 3.8) is 0 Å². The Kier molecular flexibility index (Phi) is 4.40. The standard InChI is InChI=1S/C15H13ClN2O/c16-14-6-5-13(8-17)7-15(14)18-9-11-1-3-12(10-19)4-2-11/h1-7,18-19H,9-10H2. The van der Waals surface area contributed by atoms with E-state index in [4.69, 9.17) is 22.0 Å². The van der Waals surface area contributed by atoms with Crippen molar-refractivity contribution >= 4 is 17.3 Å². The van der Waals surface area contributed by atoms with Crippen LogP contribution >= 0.6 is 11.6 Å². The number of aliphatic hydroxyl groups excluding tert-OH is 1. The Labute approximate surface area is 117 Å². The minimum Gasteiger partial charge on any atom is -0.392 e. The summed E-state index contributed by atoms with van der Waals surface area (Å²) in [6, 6.07) is 14.8. The molecule has 0 saturated heterocycles. The molecule has 2 aromatic carbocycles. The van der Waals surface area contributed by atoms with Crippen molar-refractivity contribution in [2.24, 2.45) is 0 Å². The molecule has 0 amide bonds. The van der Waals surface area contributed by atoms with Crippen LogP contribution in [-0.4, -0.2) is 5.11 Å². The zero-order chi connectivity index (χ0) is 13.7. The highest BCUT2D eigenvalue weighted by Crippen LogP contribution is 2.23. The molecule has 96 valence electrons. The van der Waals surface area contributed by atoms with Crippen molar-refractivity contribution < 1.29 is 5.11 Å². The lowest BCUT2D eigenvalue weighted by atomic mass is 10.1. The summed E-state index contributed by atoms with van der Waals surface area (Å²) in [4.78, 5) is 0. The Morgan fingerprint density at radius 3 is 2.42 bits per heavy atom. The summed E-state index contributed by atoms with van der Waals surface area (Å²) >= 11 is 6.06. The van der Waals surface area contributed by atoms with E-state index in [0.717, 1.165) is 16.8 Å². The van der Waals surface area contributed by atoms with Crippen molar-refractivity contribution in [2.45, 2.75) is 13.2 Å². The summed E-state index contributed by atoms with van der Waals surface area (Å²) in [6.07, 6.45) is 0. The first-order valence-corrected chi connectivity index (χ1v) is 6.23. The number of anilines is 1. The van der Waals surface area contributed by atoms with Crippen LogP contribution in [0.5, 0.6) is 0 Å². The predicted octanol–water partition coefficient (Wildman–Crippen LogP) is 3.32. The van der Waals surface area contributed by atoms with E-state index in [1.807, 2.05) is 24.3 Å². The molecule has 0 spiro atoms. The number of nitriles is 1. The fraction of sp³-hybridized carbons (Fsp3) is 0.133. The van der Waals surface area contributed by atoms with E-state index in [1.165, 1.54) is 0 Å². The molecule has 0 fully saturated rings. The van der Waals surface area contributed by atoms with Gasteiger partial charge in [-0.2, -0.15) is 5.26 Å². The van der Waals surface area contributed by atoms with Gasteiger partial charge in [0.15, 0.2) is 0 Å². The van der Waals surface area contributed by atoms with Crippen LogP contribution < -0.4 is 5.32 Å². The third kappa shape index (κ3) is 3.47. The average Bonchev–Trinajstić information content (AvgIpc) is 2.47. The first-order valence-electron chi connectivity index (χ1n) is 5.85. The predicted molar refractivity (Wildman–Crippen MR) is 75.9 cm³/mol. The van der Waals surface area contributed by atoms with Gasteiger partial charge >= 0.3 is 0 Å². The van der Waals surface area contributed by atoms with E-state index in [9.17, 15) is 0 Å². The Morgan fingerprint density at radius 2 is 1.79 bits per heavy atom. The summed E-state index contributed by atoms with van der Waals surface area (Å²) < 4.78 is 0. The van der Waals surface area contributed by atoms with E-state index in [2.05, 4.69) is 11.4 Å². The smallest absolute Gasteiger partial charge is 0.0992 e. The minimum atomic E-state index is 0.0454. The topological polar surface area (TPSA) is 56.0 Å². The Morgan fingerprint density at radius 1 is 1.11 bits per heavy atom. The maximum atomic E-state index is 8.97. The molecule has 2 rings (SSSR count). The van der Waals surface area contributed by atoms with Crippen LogP contribution in [0.2, 0.25) is 5.02 Å². The van der Waals surface area contributed by atoms with Gasteiger partial charge in [-0.25, -0.2) is 0 Å². The first-order chi connectivity index (χ1) is 9.22. The fourth-order valence-corrected chi connectivity index (χ4v) is 1.87. The monoisotopic (exact) mass is 272 g/mol. The number of aliphatic hydroxyl groups is 1. The molecule has 0 atom stereocenters. The number of benzene rings is 2. The van der Waals surface area contributed by atoms with Crippen LogP contribution in [0.3, 0.4) is 0 Å². The van der Waals surface area contributed by atoms with Crippen molar-refractivity contribution in [2.75, 3.05) is 5.32 Å². The molecule has 0 aliphatic rings. The van der Waals surface area contributed by atoms with Gasteiger partial charge in [-0.05, 0) is 29.3 Å². The molecule has 2 N–H and O–H groups in total. The van der Waals surface area contributed by atoms with Gasteiger partial charge in [0.2, 0.25) is 0 Å². The van der Waals surface area contributed by atoms with Crippen LogP contribution in [0.1, 0.15) is 16.7 Å². The molecule has 3 nitrogen and oxygen atoms in total. The molecule has 0 aliphatic heterocycles. The number of nitrogens with one attached hydrogen (secondary N) is 1. The van der Waals surface area contributed by atoms with E-state index in [0.29, 0.717) is 17.1 Å². The molecule has 0 saturated carbocycles. The summed E-state index contributed by atoms with van der Waals surface area (Å²) in [5, 5.41) is 21.6. The molecule has 0 heterocycles. The lowest BCUT2D eigenvalue weighted by molar-refractivity contribution is 0.282. The summed E-state index contributed by atoms with van der Waals surface area (Å²) in [5.41, 5.74) is 3.28. The van der Waals surface area contributed by atoms with Crippen molar-refractivity contribution in [1.29, 1.82) is 5.26 Å². The third-order valence-electron chi connectivity index (χ3n) is 2.78. The summed E-state index contributed by atoms with van der Waals surface area (Å²) in [6.45, 7) is 0.657. The quantitative estimate of drug-likeness (QED) is 0.898. The van der Waals surface area contributed by atoms with Crippen LogP contribution in [-0.2, 0) is 13.2 Å². The van der Waals surface area contributed by atoms with Gasteiger partial charge in [0.1, 0.15) is 0 Å². The van der Waals surface area contributed by atoms with Gasteiger partial charge < -0.3 is 10.4 Å². The zero-order valence-corrected chi connectivity index (χ0v) is 11.0. The van der Waals surface area contributed by atoms with Crippen LogP contribution in [0.25, 0.3) is 0 Å². The molecular weight excluding hydrogens is 260 g/mol. The maximum Gasteiger partial charge on any atom is 0.0992 e. The minimum absolute atomic E-state index is 0.0454. The molecule has 0 radical (unpaired) electrons. The molecule has 0 unspecified atom stereocenters. The van der Waals surface area contributed by atoms with E-state index in [1.54, 1.807) is 18.2 Å². The lowest BCUT2D eigenvalue weighted by Crippen LogP contribution is -2.00.